The number of rotatable bonds is 6. The molecule has 0 atom stereocenters. The highest BCUT2D eigenvalue weighted by molar-refractivity contribution is 6.31. The van der Waals surface area contributed by atoms with Crippen molar-refractivity contribution >= 4 is 23.6 Å². The maximum absolute atomic E-state index is 13.0. The number of carbonyl (C=O) groups excluding carboxylic acids is 1. The van der Waals surface area contributed by atoms with Gasteiger partial charge in [-0.2, -0.15) is 13.2 Å². The molecule has 2 aromatic heterocycles. The fourth-order valence-electron chi connectivity index (χ4n) is 2.65. The molecule has 2 heterocycles. The van der Waals surface area contributed by atoms with Gasteiger partial charge in [0.05, 0.1) is 23.4 Å². The van der Waals surface area contributed by atoms with Crippen LogP contribution in [0.25, 0.3) is 6.08 Å². The molecule has 0 aliphatic carbocycles. The molecule has 0 bridgehead atoms. The van der Waals surface area contributed by atoms with Gasteiger partial charge in [-0.15, -0.1) is 0 Å². The standard InChI is InChI=1S/C21H16ClF3N2O2/c22-19-7-5-15(11-18(19)21(23,24)25)6-8-20(28)27(14-17-4-2-10-29-17)13-16-3-1-9-26-12-16/h1-12H,13-14H2. The van der Waals surface area contributed by atoms with Crippen molar-refractivity contribution in [1.29, 1.82) is 0 Å². The third kappa shape index (κ3) is 5.71. The van der Waals surface area contributed by atoms with Crippen molar-refractivity contribution in [2.24, 2.45) is 0 Å². The van der Waals surface area contributed by atoms with Gasteiger partial charge in [-0.1, -0.05) is 23.7 Å². The Morgan fingerprint density at radius 3 is 2.66 bits per heavy atom. The van der Waals surface area contributed by atoms with E-state index in [1.807, 2.05) is 6.07 Å². The summed E-state index contributed by atoms with van der Waals surface area (Å²) in [4.78, 5) is 18.3. The number of furan rings is 1. The number of nitrogens with zero attached hydrogens (tertiary/aromatic N) is 2. The van der Waals surface area contributed by atoms with Crippen LogP contribution in [0.2, 0.25) is 5.02 Å². The highest BCUT2D eigenvalue weighted by Crippen LogP contribution is 2.35. The minimum atomic E-state index is -4.57. The lowest BCUT2D eigenvalue weighted by Crippen LogP contribution is -2.28. The van der Waals surface area contributed by atoms with Crippen molar-refractivity contribution in [3.8, 4) is 0 Å². The summed E-state index contributed by atoms with van der Waals surface area (Å²) in [5.41, 5.74) is 0.0811. The normalized spacial score (nSPS) is 11.7. The van der Waals surface area contributed by atoms with Gasteiger partial charge in [-0.25, -0.2) is 0 Å². The zero-order valence-electron chi connectivity index (χ0n) is 15.1. The van der Waals surface area contributed by atoms with Crippen LogP contribution < -0.4 is 0 Å². The van der Waals surface area contributed by atoms with Gasteiger partial charge < -0.3 is 9.32 Å². The number of carbonyl (C=O) groups is 1. The van der Waals surface area contributed by atoms with E-state index in [0.29, 0.717) is 5.76 Å². The Morgan fingerprint density at radius 1 is 1.17 bits per heavy atom. The fraction of sp³-hybridized carbons (Fsp3) is 0.143. The largest absolute Gasteiger partial charge is 0.467 e. The first kappa shape index (κ1) is 20.7. The van der Waals surface area contributed by atoms with Gasteiger partial charge >= 0.3 is 6.18 Å². The Morgan fingerprint density at radius 2 is 2.00 bits per heavy atom. The Hall–Kier alpha value is -3.06. The van der Waals surface area contributed by atoms with Crippen LogP contribution in [-0.4, -0.2) is 15.8 Å². The lowest BCUT2D eigenvalue weighted by Gasteiger charge is -2.20. The molecule has 0 spiro atoms. The van der Waals surface area contributed by atoms with Gasteiger partial charge in [0, 0.05) is 25.0 Å². The molecule has 0 unspecified atom stereocenters. The van der Waals surface area contributed by atoms with Gasteiger partial charge in [-0.3, -0.25) is 9.78 Å². The average molecular weight is 421 g/mol. The van der Waals surface area contributed by atoms with E-state index in [9.17, 15) is 18.0 Å². The predicted octanol–water partition coefficient (Wildman–Crippen LogP) is 5.59. The minimum Gasteiger partial charge on any atom is -0.467 e. The summed E-state index contributed by atoms with van der Waals surface area (Å²) in [6, 6.07) is 10.5. The zero-order valence-corrected chi connectivity index (χ0v) is 15.8. The summed E-state index contributed by atoms with van der Waals surface area (Å²) in [5.74, 6) is 0.204. The molecule has 29 heavy (non-hydrogen) atoms. The number of aromatic nitrogens is 1. The molecular weight excluding hydrogens is 405 g/mol. The SMILES string of the molecule is O=C(C=Cc1ccc(Cl)c(C(F)(F)F)c1)N(Cc1cccnc1)Cc1ccco1. The summed E-state index contributed by atoms with van der Waals surface area (Å²) in [6.07, 6.45) is 2.75. The Labute approximate surface area is 170 Å². The molecule has 0 fully saturated rings. The van der Waals surface area contributed by atoms with E-state index in [1.165, 1.54) is 29.4 Å². The molecule has 0 saturated carbocycles. The average Bonchev–Trinajstić information content (AvgIpc) is 3.19. The maximum atomic E-state index is 13.0. The minimum absolute atomic E-state index is 0.208. The smallest absolute Gasteiger partial charge is 0.417 e. The summed E-state index contributed by atoms with van der Waals surface area (Å²) in [7, 11) is 0. The zero-order chi connectivity index (χ0) is 20.9. The molecule has 4 nitrogen and oxygen atoms in total. The van der Waals surface area contributed by atoms with E-state index in [1.54, 1.807) is 30.6 Å². The number of alkyl halides is 3. The number of hydrogen-bond acceptors (Lipinski definition) is 3. The van der Waals surface area contributed by atoms with Crippen molar-refractivity contribution in [3.63, 3.8) is 0 Å². The van der Waals surface area contributed by atoms with Crippen molar-refractivity contribution < 1.29 is 22.4 Å². The molecule has 150 valence electrons. The summed E-state index contributed by atoms with van der Waals surface area (Å²) < 4.78 is 44.3. The maximum Gasteiger partial charge on any atom is 0.417 e. The number of hydrogen-bond donors (Lipinski definition) is 0. The van der Waals surface area contributed by atoms with Crippen LogP contribution in [0, 0.1) is 0 Å². The second-order valence-electron chi connectivity index (χ2n) is 6.21. The molecule has 8 heteroatoms. The highest BCUT2D eigenvalue weighted by atomic mass is 35.5. The van der Waals surface area contributed by atoms with E-state index in [-0.39, 0.29) is 24.6 Å². The number of amides is 1. The van der Waals surface area contributed by atoms with Gasteiger partial charge in [0.15, 0.2) is 0 Å². The van der Waals surface area contributed by atoms with Crippen LogP contribution >= 0.6 is 11.6 Å². The monoisotopic (exact) mass is 420 g/mol. The molecular formula is C21H16ClF3N2O2. The molecule has 0 N–H and O–H groups in total. The molecule has 0 aliphatic heterocycles. The van der Waals surface area contributed by atoms with Gasteiger partial charge in [-0.05, 0) is 47.5 Å². The van der Waals surface area contributed by atoms with Crippen molar-refractivity contribution in [1.82, 2.24) is 9.88 Å². The molecule has 1 aromatic carbocycles. The van der Waals surface area contributed by atoms with E-state index >= 15 is 0 Å². The van der Waals surface area contributed by atoms with E-state index in [0.717, 1.165) is 17.7 Å². The third-order valence-corrected chi connectivity index (χ3v) is 4.38. The summed E-state index contributed by atoms with van der Waals surface area (Å²) >= 11 is 5.63. The van der Waals surface area contributed by atoms with Gasteiger partial charge in [0.1, 0.15) is 5.76 Å². The summed E-state index contributed by atoms with van der Waals surface area (Å²) in [5, 5.41) is -0.392. The predicted molar refractivity (Wildman–Crippen MR) is 103 cm³/mol. The molecule has 0 saturated heterocycles. The topological polar surface area (TPSA) is 46.3 Å². The van der Waals surface area contributed by atoms with Gasteiger partial charge in [0.2, 0.25) is 5.91 Å². The first-order chi connectivity index (χ1) is 13.8. The Bertz CT molecular complexity index is 987. The molecule has 1 amide bonds. The number of halogens is 4. The van der Waals surface area contributed by atoms with Crippen molar-refractivity contribution in [2.75, 3.05) is 0 Å². The molecule has 3 rings (SSSR count). The Balaban J connectivity index is 1.80. The lowest BCUT2D eigenvalue weighted by molar-refractivity contribution is -0.137. The van der Waals surface area contributed by atoms with E-state index < -0.39 is 16.8 Å². The van der Waals surface area contributed by atoms with Crippen LogP contribution in [-0.2, 0) is 24.1 Å². The fourth-order valence-corrected chi connectivity index (χ4v) is 2.88. The molecule has 0 aliphatic rings. The number of benzene rings is 1. The van der Waals surface area contributed by atoms with Crippen LogP contribution in [0.4, 0.5) is 13.2 Å². The van der Waals surface area contributed by atoms with Gasteiger partial charge in [0.25, 0.3) is 0 Å². The van der Waals surface area contributed by atoms with E-state index in [2.05, 4.69) is 4.98 Å². The quantitative estimate of drug-likeness (QED) is 0.488. The first-order valence-corrected chi connectivity index (χ1v) is 8.96. The highest BCUT2D eigenvalue weighted by Gasteiger charge is 2.33. The molecule has 3 aromatic rings. The van der Waals surface area contributed by atoms with Crippen LogP contribution in [0.15, 0.2) is 71.6 Å². The lowest BCUT2D eigenvalue weighted by atomic mass is 10.1. The van der Waals surface area contributed by atoms with E-state index in [4.69, 9.17) is 16.0 Å². The first-order valence-electron chi connectivity index (χ1n) is 8.58. The van der Waals surface area contributed by atoms with Crippen molar-refractivity contribution in [2.45, 2.75) is 19.3 Å². The second kappa shape index (κ2) is 8.96. The number of pyridine rings is 1. The van der Waals surface area contributed by atoms with Crippen LogP contribution in [0.1, 0.15) is 22.5 Å². The second-order valence-corrected chi connectivity index (χ2v) is 6.61. The molecule has 0 radical (unpaired) electrons. The van der Waals surface area contributed by atoms with Crippen LogP contribution in [0.3, 0.4) is 0 Å². The Kier molecular flexibility index (Phi) is 6.39. The third-order valence-electron chi connectivity index (χ3n) is 4.05. The van der Waals surface area contributed by atoms with Crippen molar-refractivity contribution in [3.05, 3.63) is 94.7 Å². The summed E-state index contributed by atoms with van der Waals surface area (Å²) in [6.45, 7) is 0.478. The van der Waals surface area contributed by atoms with Crippen LogP contribution in [0.5, 0.6) is 0 Å².